The summed E-state index contributed by atoms with van der Waals surface area (Å²) in [4.78, 5) is 14.4. The minimum absolute atomic E-state index is 0.120. The molecule has 0 saturated carbocycles. The summed E-state index contributed by atoms with van der Waals surface area (Å²) < 4.78 is 12.6. The van der Waals surface area contributed by atoms with Crippen LogP contribution in [-0.2, 0) is 4.79 Å². The number of aliphatic imine (C=N–C) groups is 1. The molecule has 0 amide bonds. The van der Waals surface area contributed by atoms with Crippen LogP contribution in [0.1, 0.15) is 12.0 Å². The van der Waals surface area contributed by atoms with Gasteiger partial charge in [0.2, 0.25) is 0 Å². The van der Waals surface area contributed by atoms with E-state index in [4.69, 9.17) is 5.11 Å². The second-order valence-electron chi connectivity index (χ2n) is 3.22. The predicted octanol–water partition coefficient (Wildman–Crippen LogP) is 2.10. The number of rotatable bonds is 2. The summed E-state index contributed by atoms with van der Waals surface area (Å²) in [5, 5.41) is 8.70. The molecule has 0 spiro atoms. The Bertz CT molecular complexity index is 460. The predicted molar refractivity (Wildman–Crippen MR) is 54.1 cm³/mol. The Morgan fingerprint density at radius 2 is 2.00 bits per heavy atom. The van der Waals surface area contributed by atoms with E-state index in [0.717, 1.165) is 11.1 Å². The minimum Gasteiger partial charge on any atom is -0.477 e. The number of nitrogens with zero attached hydrogens (tertiary/aromatic N) is 1. The molecule has 1 aliphatic rings. The van der Waals surface area contributed by atoms with Gasteiger partial charge in [0.25, 0.3) is 0 Å². The number of hydrogen-bond donors (Lipinski definition) is 1. The molecule has 1 aromatic rings. The Labute approximate surface area is 85.6 Å². The maximum absolute atomic E-state index is 12.6. The van der Waals surface area contributed by atoms with Crippen molar-refractivity contribution in [1.82, 2.24) is 0 Å². The van der Waals surface area contributed by atoms with Crippen molar-refractivity contribution in [3.8, 4) is 0 Å². The van der Waals surface area contributed by atoms with E-state index in [2.05, 4.69) is 4.99 Å². The molecule has 15 heavy (non-hydrogen) atoms. The normalized spacial score (nSPS) is 14.7. The molecule has 0 unspecified atom stereocenters. The third-order valence-corrected chi connectivity index (χ3v) is 2.20. The monoisotopic (exact) mass is 205 g/mol. The third-order valence-electron chi connectivity index (χ3n) is 2.20. The van der Waals surface area contributed by atoms with Crippen LogP contribution in [0.3, 0.4) is 0 Å². The van der Waals surface area contributed by atoms with E-state index in [0.29, 0.717) is 6.42 Å². The number of carboxylic acids is 1. The summed E-state index contributed by atoms with van der Waals surface area (Å²) in [6, 6.07) is 5.91. The molecule has 1 heterocycles. The Morgan fingerprint density at radius 3 is 2.53 bits per heavy atom. The van der Waals surface area contributed by atoms with Crippen molar-refractivity contribution in [2.75, 3.05) is 0 Å². The SMILES string of the molecule is O=C(O)C1=NC=C(c2ccc(F)cc2)C1. The van der Waals surface area contributed by atoms with E-state index in [1.807, 2.05) is 0 Å². The van der Waals surface area contributed by atoms with Crippen LogP contribution in [0.2, 0.25) is 0 Å². The highest BCUT2D eigenvalue weighted by atomic mass is 19.1. The van der Waals surface area contributed by atoms with Crippen LogP contribution in [-0.4, -0.2) is 16.8 Å². The van der Waals surface area contributed by atoms with E-state index in [-0.39, 0.29) is 11.5 Å². The van der Waals surface area contributed by atoms with Crippen LogP contribution >= 0.6 is 0 Å². The van der Waals surface area contributed by atoms with E-state index in [9.17, 15) is 9.18 Å². The van der Waals surface area contributed by atoms with Crippen LogP contribution in [0.25, 0.3) is 5.57 Å². The molecular formula is C11H8FNO2. The quantitative estimate of drug-likeness (QED) is 0.803. The van der Waals surface area contributed by atoms with Gasteiger partial charge < -0.3 is 5.11 Å². The van der Waals surface area contributed by atoms with E-state index in [1.54, 1.807) is 12.1 Å². The molecule has 4 heteroatoms. The fraction of sp³-hybridized carbons (Fsp3) is 0.0909. The molecule has 3 nitrogen and oxygen atoms in total. The molecule has 1 aromatic carbocycles. The highest BCUT2D eigenvalue weighted by Gasteiger charge is 2.17. The van der Waals surface area contributed by atoms with Gasteiger partial charge in [0.05, 0.1) is 0 Å². The average Bonchev–Trinajstić information content (AvgIpc) is 2.68. The Balaban J connectivity index is 2.17. The van der Waals surface area contributed by atoms with Gasteiger partial charge in [0, 0.05) is 12.6 Å². The lowest BCUT2D eigenvalue weighted by Crippen LogP contribution is -2.10. The zero-order valence-electron chi connectivity index (χ0n) is 7.77. The molecule has 0 aliphatic carbocycles. The summed E-state index contributed by atoms with van der Waals surface area (Å²) in [5.41, 5.74) is 1.72. The number of hydrogen-bond acceptors (Lipinski definition) is 2. The van der Waals surface area contributed by atoms with Crippen LogP contribution in [0, 0.1) is 5.82 Å². The number of allylic oxidation sites excluding steroid dienone is 1. The van der Waals surface area contributed by atoms with Gasteiger partial charge in [-0.15, -0.1) is 0 Å². The van der Waals surface area contributed by atoms with E-state index >= 15 is 0 Å². The Kier molecular flexibility index (Phi) is 2.33. The van der Waals surface area contributed by atoms with Crippen molar-refractivity contribution in [3.63, 3.8) is 0 Å². The van der Waals surface area contributed by atoms with Gasteiger partial charge in [-0.25, -0.2) is 9.18 Å². The number of halogens is 1. The molecule has 76 valence electrons. The second kappa shape index (κ2) is 3.65. The lowest BCUT2D eigenvalue weighted by Gasteiger charge is -2.00. The first-order valence-electron chi connectivity index (χ1n) is 4.42. The number of carbonyl (C=O) groups is 1. The zero-order valence-corrected chi connectivity index (χ0v) is 7.77. The standard InChI is InChI=1S/C11H8FNO2/c12-9-3-1-7(2-4-9)8-5-10(11(14)15)13-6-8/h1-4,6H,5H2,(H,14,15). The Hall–Kier alpha value is -1.97. The lowest BCUT2D eigenvalue weighted by molar-refractivity contribution is -0.129. The fourth-order valence-corrected chi connectivity index (χ4v) is 1.40. The molecule has 0 aromatic heterocycles. The van der Waals surface area contributed by atoms with Crippen LogP contribution < -0.4 is 0 Å². The lowest BCUT2D eigenvalue weighted by atomic mass is 10.0. The molecule has 0 radical (unpaired) electrons. The number of benzene rings is 1. The molecule has 2 rings (SSSR count). The highest BCUT2D eigenvalue weighted by molar-refractivity contribution is 6.38. The summed E-state index contributed by atoms with van der Waals surface area (Å²) in [5.74, 6) is -1.32. The summed E-state index contributed by atoms with van der Waals surface area (Å²) in [6.45, 7) is 0. The van der Waals surface area contributed by atoms with Gasteiger partial charge in [-0.2, -0.15) is 0 Å². The largest absolute Gasteiger partial charge is 0.477 e. The van der Waals surface area contributed by atoms with Crippen molar-refractivity contribution >= 4 is 17.3 Å². The van der Waals surface area contributed by atoms with Crippen molar-refractivity contribution in [2.45, 2.75) is 6.42 Å². The maximum atomic E-state index is 12.6. The zero-order chi connectivity index (χ0) is 10.8. The molecule has 0 fully saturated rings. The van der Waals surface area contributed by atoms with Crippen molar-refractivity contribution < 1.29 is 14.3 Å². The van der Waals surface area contributed by atoms with Gasteiger partial charge >= 0.3 is 5.97 Å². The summed E-state index contributed by atoms with van der Waals surface area (Å²) >= 11 is 0. The summed E-state index contributed by atoms with van der Waals surface area (Å²) in [7, 11) is 0. The molecule has 1 N–H and O–H groups in total. The first-order valence-corrected chi connectivity index (χ1v) is 4.42. The van der Waals surface area contributed by atoms with Crippen LogP contribution in [0.4, 0.5) is 4.39 Å². The first kappa shape index (κ1) is 9.58. The first-order chi connectivity index (χ1) is 7.16. The van der Waals surface area contributed by atoms with Crippen molar-refractivity contribution in [2.24, 2.45) is 4.99 Å². The van der Waals surface area contributed by atoms with Gasteiger partial charge in [-0.3, -0.25) is 4.99 Å². The van der Waals surface area contributed by atoms with Gasteiger partial charge in [0.15, 0.2) is 0 Å². The van der Waals surface area contributed by atoms with Crippen LogP contribution in [0.5, 0.6) is 0 Å². The highest BCUT2D eigenvalue weighted by Crippen LogP contribution is 2.23. The Morgan fingerprint density at radius 1 is 1.33 bits per heavy atom. The molecule has 0 atom stereocenters. The molecule has 0 saturated heterocycles. The van der Waals surface area contributed by atoms with Crippen molar-refractivity contribution in [1.29, 1.82) is 0 Å². The average molecular weight is 205 g/mol. The minimum atomic E-state index is -1.01. The van der Waals surface area contributed by atoms with E-state index in [1.165, 1.54) is 18.3 Å². The second-order valence-corrected chi connectivity index (χ2v) is 3.22. The van der Waals surface area contributed by atoms with Gasteiger partial charge in [0.1, 0.15) is 11.5 Å². The van der Waals surface area contributed by atoms with Gasteiger partial charge in [-0.1, -0.05) is 12.1 Å². The summed E-state index contributed by atoms with van der Waals surface area (Å²) in [6.07, 6.45) is 1.80. The third kappa shape index (κ3) is 1.93. The topological polar surface area (TPSA) is 49.7 Å². The number of carboxylic acid groups (broad SMARTS) is 1. The molecule has 0 bridgehead atoms. The van der Waals surface area contributed by atoms with Crippen LogP contribution in [0.15, 0.2) is 35.5 Å². The number of aliphatic carboxylic acids is 1. The molecule has 1 aliphatic heterocycles. The smallest absolute Gasteiger partial charge is 0.350 e. The fourth-order valence-electron chi connectivity index (χ4n) is 1.40. The van der Waals surface area contributed by atoms with Crippen molar-refractivity contribution in [3.05, 3.63) is 41.8 Å². The molecular weight excluding hydrogens is 197 g/mol. The van der Waals surface area contributed by atoms with Gasteiger partial charge in [-0.05, 0) is 23.3 Å². The van der Waals surface area contributed by atoms with E-state index < -0.39 is 5.97 Å². The maximum Gasteiger partial charge on any atom is 0.350 e.